The number of benzene rings is 3. The number of alkyl halides is 3. The van der Waals surface area contributed by atoms with Gasteiger partial charge in [0.05, 0.1) is 30.4 Å². The first-order valence-electron chi connectivity index (χ1n) is 12.6. The summed E-state index contributed by atoms with van der Waals surface area (Å²) in [4.78, 5) is 16.3. The number of aromatic nitrogens is 5. The van der Waals surface area contributed by atoms with E-state index in [0.717, 1.165) is 18.2 Å². The van der Waals surface area contributed by atoms with Gasteiger partial charge in [0.1, 0.15) is 29.9 Å². The number of carbonyl (C=O) groups is 1. The van der Waals surface area contributed by atoms with Gasteiger partial charge in [-0.3, -0.25) is 9.48 Å². The Hall–Kier alpha value is -5.35. The summed E-state index contributed by atoms with van der Waals surface area (Å²) in [6, 6.07) is 13.3. The third-order valence-corrected chi connectivity index (χ3v) is 6.35. The number of rotatable bonds is 7. The molecule has 0 bridgehead atoms. The van der Waals surface area contributed by atoms with Crippen LogP contribution in [-0.4, -0.2) is 35.6 Å². The van der Waals surface area contributed by atoms with Crippen LogP contribution in [0.1, 0.15) is 32.6 Å². The standard InChI is InChI=1S/C30H21F5N6O2/c31-24-9-12-26(27(32)13-24)29(43,17-41-19-36-18-38-41)16-40-15-21(14-37-40)2-1-20-3-5-22(6-4-20)28(42)39-25-10-7-23(8-11-25)30(33,34)35/h3-15,18-19,43H,16-17H2,(H,39,42). The summed E-state index contributed by atoms with van der Waals surface area (Å²) < 4.78 is 69.1. The zero-order valence-electron chi connectivity index (χ0n) is 22.1. The summed E-state index contributed by atoms with van der Waals surface area (Å²) in [5.74, 6) is 3.64. The first kappa shape index (κ1) is 29.2. The number of amides is 1. The lowest BCUT2D eigenvalue weighted by Crippen LogP contribution is -2.37. The van der Waals surface area contributed by atoms with Gasteiger partial charge in [0.15, 0.2) is 0 Å². The number of anilines is 1. The fourth-order valence-corrected chi connectivity index (χ4v) is 4.25. The lowest BCUT2D eigenvalue weighted by atomic mass is 9.93. The summed E-state index contributed by atoms with van der Waals surface area (Å²) >= 11 is 0. The van der Waals surface area contributed by atoms with Crippen LogP contribution in [0.15, 0.2) is 91.8 Å². The summed E-state index contributed by atoms with van der Waals surface area (Å²) in [7, 11) is 0. The molecule has 8 nitrogen and oxygen atoms in total. The Morgan fingerprint density at radius 3 is 2.23 bits per heavy atom. The molecule has 0 aliphatic heterocycles. The van der Waals surface area contributed by atoms with Gasteiger partial charge >= 0.3 is 6.18 Å². The molecule has 0 aliphatic carbocycles. The summed E-state index contributed by atoms with van der Waals surface area (Å²) in [5, 5.41) is 22.2. The highest BCUT2D eigenvalue weighted by molar-refractivity contribution is 6.04. The molecule has 0 spiro atoms. The van der Waals surface area contributed by atoms with E-state index in [-0.39, 0.29) is 29.9 Å². The van der Waals surface area contributed by atoms with Crippen LogP contribution in [0.3, 0.4) is 0 Å². The molecule has 1 unspecified atom stereocenters. The second-order valence-corrected chi connectivity index (χ2v) is 9.53. The highest BCUT2D eigenvalue weighted by Crippen LogP contribution is 2.30. The highest BCUT2D eigenvalue weighted by atomic mass is 19.4. The Bertz CT molecular complexity index is 1790. The Balaban J connectivity index is 1.26. The molecule has 0 saturated heterocycles. The first-order chi connectivity index (χ1) is 20.5. The minimum atomic E-state index is -4.47. The van der Waals surface area contributed by atoms with Gasteiger partial charge in [-0.1, -0.05) is 17.9 Å². The van der Waals surface area contributed by atoms with E-state index in [1.807, 2.05) is 0 Å². The van der Waals surface area contributed by atoms with Gasteiger partial charge in [-0.25, -0.2) is 18.4 Å². The number of nitrogens with one attached hydrogen (secondary N) is 1. The number of hydrogen-bond donors (Lipinski definition) is 2. The van der Waals surface area contributed by atoms with Crippen molar-refractivity contribution in [2.24, 2.45) is 0 Å². The van der Waals surface area contributed by atoms with E-state index >= 15 is 0 Å². The van der Waals surface area contributed by atoms with Crippen LogP contribution >= 0.6 is 0 Å². The molecule has 2 heterocycles. The van der Waals surface area contributed by atoms with Gasteiger partial charge in [-0.2, -0.15) is 23.4 Å². The van der Waals surface area contributed by atoms with Crippen molar-refractivity contribution in [1.82, 2.24) is 24.5 Å². The molecule has 5 rings (SSSR count). The van der Waals surface area contributed by atoms with E-state index < -0.39 is 34.9 Å². The lowest BCUT2D eigenvalue weighted by molar-refractivity contribution is -0.137. The van der Waals surface area contributed by atoms with E-state index in [4.69, 9.17) is 0 Å². The van der Waals surface area contributed by atoms with Crippen LogP contribution in [0.5, 0.6) is 0 Å². The van der Waals surface area contributed by atoms with Crippen molar-refractivity contribution in [1.29, 1.82) is 0 Å². The maximum absolute atomic E-state index is 14.7. The quantitative estimate of drug-likeness (QED) is 0.205. The van der Waals surface area contributed by atoms with E-state index in [9.17, 15) is 31.9 Å². The van der Waals surface area contributed by atoms with Crippen LogP contribution in [-0.2, 0) is 24.9 Å². The molecular formula is C30H21F5N6O2. The Morgan fingerprint density at radius 1 is 0.884 bits per heavy atom. The Morgan fingerprint density at radius 2 is 1.58 bits per heavy atom. The predicted octanol–water partition coefficient (Wildman–Crippen LogP) is 5.01. The zero-order chi connectivity index (χ0) is 30.6. The van der Waals surface area contributed by atoms with Crippen molar-refractivity contribution in [2.45, 2.75) is 24.9 Å². The molecule has 0 aliphatic rings. The number of hydrogen-bond acceptors (Lipinski definition) is 5. The van der Waals surface area contributed by atoms with Gasteiger partial charge in [-0.05, 0) is 54.6 Å². The molecule has 5 aromatic rings. The SMILES string of the molecule is O=C(Nc1ccc(C(F)(F)F)cc1)c1ccc(C#Cc2cnn(CC(O)(Cn3cncn3)c3ccc(F)cc3F)c2)cc1. The molecule has 0 fully saturated rings. The van der Waals surface area contributed by atoms with E-state index in [2.05, 4.69) is 32.3 Å². The number of nitrogens with zero attached hydrogens (tertiary/aromatic N) is 5. The average molecular weight is 593 g/mol. The molecule has 3 aromatic carbocycles. The van der Waals surface area contributed by atoms with Crippen LogP contribution in [0.25, 0.3) is 0 Å². The topological polar surface area (TPSA) is 97.9 Å². The number of carbonyl (C=O) groups excluding carboxylic acids is 1. The fraction of sp³-hybridized carbons (Fsp3) is 0.133. The minimum absolute atomic E-state index is 0.144. The minimum Gasteiger partial charge on any atom is -0.381 e. The molecule has 218 valence electrons. The summed E-state index contributed by atoms with van der Waals surface area (Å²) in [6.07, 6.45) is 1.16. The molecule has 2 N–H and O–H groups in total. The van der Waals surface area contributed by atoms with E-state index in [1.54, 1.807) is 18.3 Å². The molecule has 2 aromatic heterocycles. The van der Waals surface area contributed by atoms with Crippen LogP contribution in [0.4, 0.5) is 27.6 Å². The summed E-state index contributed by atoms with van der Waals surface area (Å²) in [5.41, 5.74) is -1.29. The second-order valence-electron chi connectivity index (χ2n) is 9.53. The van der Waals surface area contributed by atoms with Crippen molar-refractivity contribution >= 4 is 11.6 Å². The average Bonchev–Trinajstić information content (AvgIpc) is 3.63. The Kier molecular flexibility index (Phi) is 8.05. The van der Waals surface area contributed by atoms with Crippen LogP contribution in [0, 0.1) is 23.5 Å². The van der Waals surface area contributed by atoms with Crippen molar-refractivity contribution in [3.8, 4) is 11.8 Å². The molecule has 0 radical (unpaired) electrons. The van der Waals surface area contributed by atoms with Gasteiger partial charge < -0.3 is 10.4 Å². The highest BCUT2D eigenvalue weighted by Gasteiger charge is 2.34. The van der Waals surface area contributed by atoms with Gasteiger partial charge in [-0.15, -0.1) is 0 Å². The van der Waals surface area contributed by atoms with Crippen molar-refractivity contribution in [3.63, 3.8) is 0 Å². The molecular weight excluding hydrogens is 571 g/mol. The summed E-state index contributed by atoms with van der Waals surface area (Å²) in [6.45, 7) is -0.394. The van der Waals surface area contributed by atoms with Gasteiger partial charge in [0.2, 0.25) is 0 Å². The zero-order valence-corrected chi connectivity index (χ0v) is 22.1. The van der Waals surface area contributed by atoms with Crippen molar-refractivity contribution in [2.75, 3.05) is 5.32 Å². The smallest absolute Gasteiger partial charge is 0.381 e. The van der Waals surface area contributed by atoms with Gasteiger partial charge in [0, 0.05) is 34.6 Å². The fourth-order valence-electron chi connectivity index (χ4n) is 4.25. The lowest BCUT2D eigenvalue weighted by Gasteiger charge is -2.28. The number of halogens is 5. The molecule has 13 heteroatoms. The monoisotopic (exact) mass is 592 g/mol. The maximum Gasteiger partial charge on any atom is 0.416 e. The molecule has 1 atom stereocenters. The van der Waals surface area contributed by atoms with Crippen LogP contribution < -0.4 is 5.32 Å². The van der Waals surface area contributed by atoms with Crippen molar-refractivity contribution < 1.29 is 31.9 Å². The van der Waals surface area contributed by atoms with E-state index in [0.29, 0.717) is 17.2 Å². The first-order valence-corrected chi connectivity index (χ1v) is 12.6. The maximum atomic E-state index is 14.7. The third-order valence-electron chi connectivity index (χ3n) is 6.35. The largest absolute Gasteiger partial charge is 0.416 e. The van der Waals surface area contributed by atoms with Gasteiger partial charge in [0.25, 0.3) is 5.91 Å². The molecule has 43 heavy (non-hydrogen) atoms. The molecule has 1 amide bonds. The van der Waals surface area contributed by atoms with Crippen molar-refractivity contribution in [3.05, 3.63) is 131 Å². The van der Waals surface area contributed by atoms with Crippen LogP contribution in [0.2, 0.25) is 0 Å². The number of aliphatic hydroxyl groups is 1. The Labute approximate surface area is 241 Å². The normalized spacial score (nSPS) is 12.7. The predicted molar refractivity (Wildman–Crippen MR) is 144 cm³/mol. The third kappa shape index (κ3) is 7.11. The molecule has 0 saturated carbocycles. The second kappa shape index (κ2) is 11.9. The van der Waals surface area contributed by atoms with E-state index in [1.165, 1.54) is 58.5 Å².